The van der Waals surface area contributed by atoms with Gasteiger partial charge in [-0.25, -0.2) is 0 Å². The Balaban J connectivity index is 2.20. The molecule has 0 unspecified atom stereocenters. The molecule has 0 heterocycles. The van der Waals surface area contributed by atoms with Gasteiger partial charge in [-0.1, -0.05) is 24.1 Å². The van der Waals surface area contributed by atoms with Crippen LogP contribution in [0.25, 0.3) is 0 Å². The number of methoxy groups -OCH3 is 1. The van der Waals surface area contributed by atoms with E-state index in [4.69, 9.17) is 23.8 Å². The van der Waals surface area contributed by atoms with E-state index in [1.54, 1.807) is 0 Å². The molecule has 0 aliphatic heterocycles. The van der Waals surface area contributed by atoms with Crippen molar-refractivity contribution in [3.63, 3.8) is 0 Å². The molecule has 1 rings (SSSR count). The van der Waals surface area contributed by atoms with Crippen LogP contribution in [-0.4, -0.2) is 24.7 Å². The molecule has 1 aromatic rings. The van der Waals surface area contributed by atoms with Crippen LogP contribution in [0.15, 0.2) is 18.2 Å². The van der Waals surface area contributed by atoms with E-state index < -0.39 is 0 Å². The number of rotatable bonds is 7. The van der Waals surface area contributed by atoms with Crippen molar-refractivity contribution in [2.75, 3.05) is 19.0 Å². The molecule has 0 aliphatic rings. The summed E-state index contributed by atoms with van der Waals surface area (Å²) in [6.07, 6.45) is 3.22. The second kappa shape index (κ2) is 9.58. The Kier molecular flexibility index (Phi) is 8.08. The van der Waals surface area contributed by atoms with Crippen molar-refractivity contribution in [3.8, 4) is 0 Å². The molecule has 6 heteroatoms. The summed E-state index contributed by atoms with van der Waals surface area (Å²) >= 11 is 11.2. The Morgan fingerprint density at radius 1 is 1.33 bits per heavy atom. The van der Waals surface area contributed by atoms with Crippen LogP contribution in [0.1, 0.15) is 31.2 Å². The van der Waals surface area contributed by atoms with Gasteiger partial charge in [0.15, 0.2) is 5.11 Å². The summed E-state index contributed by atoms with van der Waals surface area (Å²) in [6.45, 7) is 2.76. The maximum atomic E-state index is 10.9. The molecule has 0 bridgehead atoms. The maximum Gasteiger partial charge on any atom is 0.305 e. The monoisotopic (exact) mass is 328 g/mol. The summed E-state index contributed by atoms with van der Waals surface area (Å²) in [5.74, 6) is -0.156. The highest BCUT2D eigenvalue weighted by atomic mass is 35.5. The smallest absolute Gasteiger partial charge is 0.305 e. The molecule has 2 N–H and O–H groups in total. The highest BCUT2D eigenvalue weighted by Crippen LogP contribution is 2.19. The first kappa shape index (κ1) is 17.7. The van der Waals surface area contributed by atoms with Crippen LogP contribution < -0.4 is 10.6 Å². The predicted molar refractivity (Wildman–Crippen MR) is 90.9 cm³/mol. The van der Waals surface area contributed by atoms with Gasteiger partial charge in [0.1, 0.15) is 0 Å². The molecule has 1 aromatic carbocycles. The van der Waals surface area contributed by atoms with Crippen molar-refractivity contribution in [1.29, 1.82) is 0 Å². The van der Waals surface area contributed by atoms with Gasteiger partial charge < -0.3 is 15.4 Å². The van der Waals surface area contributed by atoms with Crippen LogP contribution in [-0.2, 0) is 9.53 Å². The summed E-state index contributed by atoms with van der Waals surface area (Å²) in [4.78, 5) is 10.9. The molecule has 0 amide bonds. The zero-order valence-corrected chi connectivity index (χ0v) is 13.9. The van der Waals surface area contributed by atoms with E-state index >= 15 is 0 Å². The topological polar surface area (TPSA) is 50.4 Å². The molecule has 0 aliphatic carbocycles. The number of anilines is 1. The largest absolute Gasteiger partial charge is 0.469 e. The number of esters is 1. The minimum absolute atomic E-state index is 0.156. The number of benzene rings is 1. The molecule has 0 spiro atoms. The van der Waals surface area contributed by atoms with E-state index in [1.165, 1.54) is 7.11 Å². The average Bonchev–Trinajstić information content (AvgIpc) is 2.46. The number of aryl methyl sites for hydroxylation is 1. The first-order valence-electron chi connectivity index (χ1n) is 6.90. The molecule has 0 atom stereocenters. The lowest BCUT2D eigenvalue weighted by Gasteiger charge is -2.12. The Morgan fingerprint density at radius 2 is 2.10 bits per heavy atom. The number of carbonyl (C=O) groups excluding carboxylic acids is 1. The molecule has 0 saturated heterocycles. The summed E-state index contributed by atoms with van der Waals surface area (Å²) < 4.78 is 4.59. The fourth-order valence-electron chi connectivity index (χ4n) is 1.77. The zero-order chi connectivity index (χ0) is 15.7. The third-order valence-corrected chi connectivity index (χ3v) is 3.50. The number of unbranched alkanes of at least 4 members (excludes halogenated alkanes) is 2. The minimum atomic E-state index is -0.156. The van der Waals surface area contributed by atoms with Crippen LogP contribution in [0.2, 0.25) is 5.02 Å². The fourth-order valence-corrected chi connectivity index (χ4v) is 2.15. The minimum Gasteiger partial charge on any atom is -0.469 e. The number of hydrogen-bond donors (Lipinski definition) is 2. The molecule has 4 nitrogen and oxygen atoms in total. The molecular formula is C15H21ClN2O2S. The van der Waals surface area contributed by atoms with Crippen LogP contribution in [0.3, 0.4) is 0 Å². The molecule has 21 heavy (non-hydrogen) atoms. The standard InChI is InChI=1S/C15H21ClN2O2S/c1-11-7-8-12(16)10-13(11)18-15(21)17-9-5-3-4-6-14(19)20-2/h7-8,10H,3-6,9H2,1-2H3,(H2,17,18,21). The third kappa shape index (κ3) is 7.29. The van der Waals surface area contributed by atoms with Gasteiger partial charge in [-0.15, -0.1) is 0 Å². The first-order valence-corrected chi connectivity index (χ1v) is 7.69. The molecular weight excluding hydrogens is 308 g/mol. The molecule has 0 aromatic heterocycles. The highest BCUT2D eigenvalue weighted by Gasteiger charge is 2.02. The fraction of sp³-hybridized carbons (Fsp3) is 0.467. The molecule has 0 fully saturated rings. The van der Waals surface area contributed by atoms with Crippen molar-refractivity contribution < 1.29 is 9.53 Å². The highest BCUT2D eigenvalue weighted by molar-refractivity contribution is 7.80. The Bertz CT molecular complexity index is 495. The van der Waals surface area contributed by atoms with Gasteiger partial charge in [0, 0.05) is 23.7 Å². The van der Waals surface area contributed by atoms with E-state index in [0.717, 1.165) is 37.1 Å². The number of ether oxygens (including phenoxy) is 1. The number of carbonyl (C=O) groups is 1. The Morgan fingerprint density at radius 3 is 2.81 bits per heavy atom. The SMILES string of the molecule is COC(=O)CCCCCNC(=S)Nc1cc(Cl)ccc1C. The number of hydrogen-bond acceptors (Lipinski definition) is 3. The van der Waals surface area contributed by atoms with Gasteiger partial charge >= 0.3 is 5.97 Å². The Hall–Kier alpha value is -1.33. The van der Waals surface area contributed by atoms with Crippen molar-refractivity contribution >= 4 is 40.6 Å². The van der Waals surface area contributed by atoms with Gasteiger partial charge in [0.25, 0.3) is 0 Å². The van der Waals surface area contributed by atoms with Gasteiger partial charge in [0.2, 0.25) is 0 Å². The van der Waals surface area contributed by atoms with Crippen molar-refractivity contribution in [3.05, 3.63) is 28.8 Å². The van der Waals surface area contributed by atoms with Gasteiger partial charge in [-0.3, -0.25) is 4.79 Å². The first-order chi connectivity index (χ1) is 10.0. The van der Waals surface area contributed by atoms with Crippen molar-refractivity contribution in [2.24, 2.45) is 0 Å². The Labute approximate surface area is 136 Å². The van der Waals surface area contributed by atoms with E-state index in [-0.39, 0.29) is 5.97 Å². The maximum absolute atomic E-state index is 10.9. The van der Waals surface area contributed by atoms with Gasteiger partial charge in [0.05, 0.1) is 7.11 Å². The van der Waals surface area contributed by atoms with E-state index in [0.29, 0.717) is 16.6 Å². The summed E-state index contributed by atoms with van der Waals surface area (Å²) in [6, 6.07) is 5.64. The molecule has 0 radical (unpaired) electrons. The van der Waals surface area contributed by atoms with Crippen LogP contribution in [0.4, 0.5) is 5.69 Å². The lowest BCUT2D eigenvalue weighted by molar-refractivity contribution is -0.140. The number of nitrogens with one attached hydrogen (secondary N) is 2. The summed E-state index contributed by atoms with van der Waals surface area (Å²) in [7, 11) is 1.41. The number of thiocarbonyl (C=S) groups is 1. The molecule has 0 saturated carbocycles. The molecule has 116 valence electrons. The quantitative estimate of drug-likeness (QED) is 0.454. The van der Waals surface area contributed by atoms with Crippen molar-refractivity contribution in [2.45, 2.75) is 32.6 Å². The normalized spacial score (nSPS) is 10.0. The second-order valence-electron chi connectivity index (χ2n) is 4.73. The average molecular weight is 329 g/mol. The van der Waals surface area contributed by atoms with Gasteiger partial charge in [-0.2, -0.15) is 0 Å². The zero-order valence-electron chi connectivity index (χ0n) is 12.4. The summed E-state index contributed by atoms with van der Waals surface area (Å²) in [5.41, 5.74) is 1.99. The second-order valence-corrected chi connectivity index (χ2v) is 5.57. The van der Waals surface area contributed by atoms with Crippen LogP contribution >= 0.6 is 23.8 Å². The predicted octanol–water partition coefficient (Wildman–Crippen LogP) is 3.67. The van der Waals surface area contributed by atoms with Crippen LogP contribution in [0.5, 0.6) is 0 Å². The van der Waals surface area contributed by atoms with E-state index in [2.05, 4.69) is 15.4 Å². The van der Waals surface area contributed by atoms with E-state index in [9.17, 15) is 4.79 Å². The van der Waals surface area contributed by atoms with Crippen LogP contribution in [0, 0.1) is 6.92 Å². The third-order valence-electron chi connectivity index (χ3n) is 3.02. The lowest BCUT2D eigenvalue weighted by atomic mass is 10.2. The van der Waals surface area contributed by atoms with Gasteiger partial charge in [-0.05, 0) is 49.7 Å². The number of halogens is 1. The van der Waals surface area contributed by atoms with Crippen molar-refractivity contribution in [1.82, 2.24) is 5.32 Å². The lowest BCUT2D eigenvalue weighted by Crippen LogP contribution is -2.29. The van der Waals surface area contributed by atoms with E-state index in [1.807, 2.05) is 25.1 Å². The summed E-state index contributed by atoms with van der Waals surface area (Å²) in [5, 5.41) is 7.52.